The number of hydrogen-bond donors (Lipinski definition) is 0. The normalized spacial score (nSPS) is 21.5. The number of rotatable bonds is 3. The highest BCUT2D eigenvalue weighted by Gasteiger charge is 2.45. The Morgan fingerprint density at radius 3 is 2.56 bits per heavy atom. The smallest absolute Gasteiger partial charge is 0.303 e. The van der Waals surface area contributed by atoms with E-state index in [1.54, 1.807) is 0 Å². The van der Waals surface area contributed by atoms with Crippen molar-refractivity contribution in [3.8, 4) is 6.07 Å². The number of carbonyl (C=O) groups is 2. The Balaban J connectivity index is 1.73. The molecule has 5 heteroatoms. The van der Waals surface area contributed by atoms with Crippen LogP contribution in [0.1, 0.15) is 62.3 Å². The highest BCUT2D eigenvalue weighted by Crippen LogP contribution is 2.54. The summed E-state index contributed by atoms with van der Waals surface area (Å²) >= 11 is 0. The van der Waals surface area contributed by atoms with Gasteiger partial charge in [-0.3, -0.25) is 9.59 Å². The van der Waals surface area contributed by atoms with E-state index in [0.29, 0.717) is 5.41 Å². The van der Waals surface area contributed by atoms with E-state index in [2.05, 4.69) is 11.0 Å². The Morgan fingerprint density at radius 2 is 1.96 bits per heavy atom. The van der Waals surface area contributed by atoms with E-state index < -0.39 is 0 Å². The maximum atomic E-state index is 12.6. The molecule has 5 nitrogen and oxygen atoms in total. The molecule has 2 aliphatic carbocycles. The van der Waals surface area contributed by atoms with E-state index in [1.807, 2.05) is 25.1 Å². The van der Waals surface area contributed by atoms with Gasteiger partial charge in [0.1, 0.15) is 17.7 Å². The number of allylic oxidation sites excluding steroid dienone is 1. The third-order valence-electron chi connectivity index (χ3n) is 6.28. The van der Waals surface area contributed by atoms with Crippen molar-refractivity contribution in [2.24, 2.45) is 5.41 Å². The van der Waals surface area contributed by atoms with E-state index in [-0.39, 0.29) is 29.9 Å². The van der Waals surface area contributed by atoms with Gasteiger partial charge in [-0.2, -0.15) is 5.26 Å². The molecule has 0 amide bonds. The number of piperidine rings is 1. The van der Waals surface area contributed by atoms with Gasteiger partial charge in [0.05, 0.1) is 5.70 Å². The lowest BCUT2D eigenvalue weighted by molar-refractivity contribution is -0.145. The van der Waals surface area contributed by atoms with Crippen LogP contribution < -0.4 is 0 Å². The number of ether oxygens (including phenoxy) is 1. The topological polar surface area (TPSA) is 70.4 Å². The zero-order valence-corrected chi connectivity index (χ0v) is 15.9. The average molecular weight is 364 g/mol. The molecule has 1 aliphatic heterocycles. The van der Waals surface area contributed by atoms with E-state index in [1.165, 1.54) is 19.8 Å². The summed E-state index contributed by atoms with van der Waals surface area (Å²) in [6, 6.07) is 7.99. The van der Waals surface area contributed by atoms with E-state index in [4.69, 9.17) is 4.74 Å². The zero-order valence-electron chi connectivity index (χ0n) is 15.9. The molecule has 1 heterocycles. The fraction of sp³-hybridized carbons (Fsp3) is 0.500. The number of carbonyl (C=O) groups excluding carboxylic acids is 2. The first-order valence-electron chi connectivity index (χ1n) is 9.65. The molecule has 27 heavy (non-hydrogen) atoms. The van der Waals surface area contributed by atoms with Gasteiger partial charge in [-0.15, -0.1) is 0 Å². The summed E-state index contributed by atoms with van der Waals surface area (Å²) in [5.41, 5.74) is 4.33. The molecular formula is C22H24N2O3. The van der Waals surface area contributed by atoms with Crippen molar-refractivity contribution in [1.29, 1.82) is 5.26 Å². The van der Waals surface area contributed by atoms with Crippen molar-refractivity contribution in [2.75, 3.05) is 13.1 Å². The van der Waals surface area contributed by atoms with Crippen LogP contribution in [0.15, 0.2) is 23.8 Å². The Hall–Kier alpha value is -2.61. The van der Waals surface area contributed by atoms with Crippen LogP contribution in [0.5, 0.6) is 0 Å². The number of esters is 1. The summed E-state index contributed by atoms with van der Waals surface area (Å²) in [5, 5.41) is 9.68. The van der Waals surface area contributed by atoms with Crippen LogP contribution in [0.3, 0.4) is 0 Å². The molecule has 2 fully saturated rings. The molecule has 0 aromatic heterocycles. The zero-order chi connectivity index (χ0) is 19.2. The van der Waals surface area contributed by atoms with Crippen LogP contribution in [-0.2, 0) is 20.7 Å². The Labute approximate surface area is 159 Å². The molecule has 1 saturated heterocycles. The van der Waals surface area contributed by atoms with Crippen LogP contribution in [0.25, 0.3) is 5.70 Å². The third-order valence-corrected chi connectivity index (χ3v) is 6.28. The van der Waals surface area contributed by atoms with Crippen molar-refractivity contribution >= 4 is 17.4 Å². The first-order chi connectivity index (χ1) is 12.9. The Morgan fingerprint density at radius 1 is 1.26 bits per heavy atom. The van der Waals surface area contributed by atoms with Gasteiger partial charge >= 0.3 is 5.97 Å². The standard InChI is InChI=1S/C22H24N2O3/c1-14(27-15(2)25)16-3-4-17-12-20(26)19(13-23)21(18(17)11-16)24-9-7-22(5-6-22)8-10-24/h3-4,11,14H,5-10,12H2,1-2H3. The highest BCUT2D eigenvalue weighted by molar-refractivity contribution is 6.10. The van der Waals surface area contributed by atoms with Crippen LogP contribution in [0, 0.1) is 16.7 Å². The average Bonchev–Trinajstić information content (AvgIpc) is 3.39. The lowest BCUT2D eigenvalue weighted by Crippen LogP contribution is -2.36. The predicted octanol–water partition coefficient (Wildman–Crippen LogP) is 3.55. The Kier molecular flexibility index (Phi) is 4.30. The molecule has 1 aromatic carbocycles. The van der Waals surface area contributed by atoms with Gasteiger partial charge in [0.25, 0.3) is 0 Å². The summed E-state index contributed by atoms with van der Waals surface area (Å²) in [7, 11) is 0. The van der Waals surface area contributed by atoms with Crippen LogP contribution in [0.2, 0.25) is 0 Å². The van der Waals surface area contributed by atoms with Crippen LogP contribution in [-0.4, -0.2) is 29.7 Å². The summed E-state index contributed by atoms with van der Waals surface area (Å²) in [6.07, 6.45) is 4.76. The SMILES string of the molecule is CC(=O)OC(C)c1ccc2c(c1)C(N1CCC3(CC1)CC3)=C(C#N)C(=O)C2. The molecule has 1 saturated carbocycles. The van der Waals surface area contributed by atoms with Gasteiger partial charge in [0.2, 0.25) is 0 Å². The number of nitrogens with zero attached hydrogens (tertiary/aromatic N) is 2. The maximum Gasteiger partial charge on any atom is 0.303 e. The van der Waals surface area contributed by atoms with Gasteiger partial charge in [0.15, 0.2) is 5.78 Å². The second kappa shape index (κ2) is 6.53. The van der Waals surface area contributed by atoms with E-state index >= 15 is 0 Å². The monoisotopic (exact) mass is 364 g/mol. The van der Waals surface area contributed by atoms with Gasteiger partial charge < -0.3 is 9.64 Å². The minimum atomic E-state index is -0.367. The first-order valence-corrected chi connectivity index (χ1v) is 9.65. The molecule has 1 spiro atoms. The Bertz CT molecular complexity index is 879. The second-order valence-corrected chi connectivity index (χ2v) is 8.09. The number of hydrogen-bond acceptors (Lipinski definition) is 5. The van der Waals surface area contributed by atoms with Gasteiger partial charge in [-0.25, -0.2) is 0 Å². The minimum absolute atomic E-state index is 0.104. The summed E-state index contributed by atoms with van der Waals surface area (Å²) in [6.45, 7) is 5.01. The summed E-state index contributed by atoms with van der Waals surface area (Å²) in [4.78, 5) is 26.1. The number of fused-ring (bicyclic) bond motifs is 1. The van der Waals surface area contributed by atoms with Gasteiger partial charge in [-0.05, 0) is 55.2 Å². The lowest BCUT2D eigenvalue weighted by atomic mass is 9.84. The number of benzene rings is 1. The molecule has 0 radical (unpaired) electrons. The largest absolute Gasteiger partial charge is 0.458 e. The van der Waals surface area contributed by atoms with Crippen LogP contribution in [0.4, 0.5) is 0 Å². The van der Waals surface area contributed by atoms with E-state index in [9.17, 15) is 14.9 Å². The molecule has 0 N–H and O–H groups in total. The minimum Gasteiger partial charge on any atom is -0.458 e. The first kappa shape index (κ1) is 17.8. The second-order valence-electron chi connectivity index (χ2n) is 8.09. The van der Waals surface area contributed by atoms with Crippen molar-refractivity contribution in [2.45, 2.75) is 52.1 Å². The lowest BCUT2D eigenvalue weighted by Gasteiger charge is -2.37. The van der Waals surface area contributed by atoms with Gasteiger partial charge in [0, 0.05) is 32.0 Å². The molecule has 140 valence electrons. The van der Waals surface area contributed by atoms with Crippen LogP contribution >= 0.6 is 0 Å². The number of ketones is 1. The number of nitriles is 1. The molecular weight excluding hydrogens is 340 g/mol. The molecule has 1 unspecified atom stereocenters. The van der Waals surface area contributed by atoms with E-state index in [0.717, 1.165) is 48.3 Å². The van der Waals surface area contributed by atoms with Gasteiger partial charge in [-0.1, -0.05) is 12.1 Å². The van der Waals surface area contributed by atoms with Crippen molar-refractivity contribution < 1.29 is 14.3 Å². The summed E-state index contributed by atoms with van der Waals surface area (Å²) < 4.78 is 5.32. The molecule has 3 aliphatic rings. The molecule has 4 rings (SSSR count). The third kappa shape index (κ3) is 3.25. The predicted molar refractivity (Wildman–Crippen MR) is 100 cm³/mol. The molecule has 0 bridgehead atoms. The van der Waals surface area contributed by atoms with Crippen molar-refractivity contribution in [3.63, 3.8) is 0 Å². The number of Topliss-reactive ketones (excluding diaryl/α,β-unsaturated/α-hetero) is 1. The quantitative estimate of drug-likeness (QED) is 0.767. The van der Waals surface area contributed by atoms with Crippen molar-refractivity contribution in [3.05, 3.63) is 40.5 Å². The fourth-order valence-electron chi connectivity index (χ4n) is 4.39. The summed E-state index contributed by atoms with van der Waals surface area (Å²) in [5.74, 6) is -0.429. The number of likely N-dealkylation sites (tertiary alicyclic amines) is 1. The molecule has 1 atom stereocenters. The highest BCUT2D eigenvalue weighted by atomic mass is 16.5. The fourth-order valence-corrected chi connectivity index (χ4v) is 4.39. The van der Waals surface area contributed by atoms with Crippen molar-refractivity contribution in [1.82, 2.24) is 4.90 Å². The maximum absolute atomic E-state index is 12.6. The molecule has 1 aromatic rings.